The van der Waals surface area contributed by atoms with E-state index in [1.165, 1.54) is 31.2 Å². The first-order chi connectivity index (χ1) is 21.5. The molecule has 6 atom stereocenters. The van der Waals surface area contributed by atoms with Crippen LogP contribution in [0.4, 0.5) is 0 Å². The zero-order valence-electron chi connectivity index (χ0n) is 25.9. The Bertz CT molecular complexity index is 1290. The smallest absolute Gasteiger partial charge is 0.326 e. The molecule has 1 heterocycles. The molecule has 6 amide bonds. The van der Waals surface area contributed by atoms with Crippen molar-refractivity contribution in [2.24, 2.45) is 17.4 Å². The molecule has 1 aliphatic heterocycles. The number of primary amides is 1. The molecular weight excluding hydrogens is 606 g/mol. The lowest BCUT2D eigenvalue weighted by atomic mass is 10.0. The highest BCUT2D eigenvalue weighted by Crippen LogP contribution is 2.19. The highest BCUT2D eigenvalue weighted by molar-refractivity contribution is 5.96. The van der Waals surface area contributed by atoms with E-state index in [-0.39, 0.29) is 31.1 Å². The predicted molar refractivity (Wildman–Crippen MR) is 161 cm³/mol. The second-order valence-corrected chi connectivity index (χ2v) is 11.5. The molecule has 1 saturated heterocycles. The maximum absolute atomic E-state index is 13.3. The molecule has 11 N–H and O–H groups in total. The summed E-state index contributed by atoms with van der Waals surface area (Å²) in [6.45, 7) is 4.04. The Hall–Kier alpha value is -4.77. The minimum absolute atomic E-state index is 0.0486. The molecule has 46 heavy (non-hydrogen) atoms. The first-order valence-corrected chi connectivity index (χ1v) is 14.7. The van der Waals surface area contributed by atoms with E-state index < -0.39 is 90.7 Å². The second-order valence-electron chi connectivity index (χ2n) is 11.5. The molecular formula is C29H43N7O10. The molecule has 0 bridgehead atoms. The van der Waals surface area contributed by atoms with Gasteiger partial charge in [0.05, 0.1) is 25.1 Å². The number of nitrogens with one attached hydrogen (secondary N) is 4. The molecule has 17 nitrogen and oxygen atoms in total. The normalized spacial score (nSPS) is 17.6. The largest absolute Gasteiger partial charge is 0.508 e. The topological polar surface area (TPSA) is 284 Å². The van der Waals surface area contributed by atoms with Crippen molar-refractivity contribution in [1.29, 1.82) is 0 Å². The van der Waals surface area contributed by atoms with Crippen LogP contribution < -0.4 is 32.7 Å². The number of rotatable bonds is 16. The van der Waals surface area contributed by atoms with Crippen molar-refractivity contribution in [2.45, 2.75) is 82.8 Å². The Labute approximate surface area is 265 Å². The van der Waals surface area contributed by atoms with Crippen LogP contribution >= 0.6 is 0 Å². The number of aliphatic hydroxyl groups is 1. The molecule has 1 aliphatic rings. The minimum atomic E-state index is -1.49. The molecule has 0 aliphatic carbocycles. The number of phenolic OH excluding ortho intramolecular Hbond substituents is 1. The van der Waals surface area contributed by atoms with Crippen molar-refractivity contribution in [3.8, 4) is 5.75 Å². The van der Waals surface area contributed by atoms with Gasteiger partial charge in [-0.1, -0.05) is 26.0 Å². The monoisotopic (exact) mass is 649 g/mol. The van der Waals surface area contributed by atoms with E-state index in [0.29, 0.717) is 12.0 Å². The number of likely N-dealkylation sites (tertiary alicyclic amines) is 1. The van der Waals surface area contributed by atoms with Gasteiger partial charge in [-0.25, -0.2) is 4.79 Å². The predicted octanol–water partition coefficient (Wildman–Crippen LogP) is -3.18. The quantitative estimate of drug-likeness (QED) is 0.0860. The number of aromatic hydroxyl groups is 1. The molecule has 254 valence electrons. The number of carboxylic acids is 1. The first kappa shape index (κ1) is 37.4. The Kier molecular flexibility index (Phi) is 13.9. The van der Waals surface area contributed by atoms with Crippen molar-refractivity contribution in [3.05, 3.63) is 29.8 Å². The van der Waals surface area contributed by atoms with E-state index in [9.17, 15) is 48.9 Å². The van der Waals surface area contributed by atoms with E-state index in [1.54, 1.807) is 13.8 Å². The zero-order chi connectivity index (χ0) is 34.7. The summed E-state index contributed by atoms with van der Waals surface area (Å²) in [6.07, 6.45) is -1.53. The molecule has 1 fully saturated rings. The Morgan fingerprint density at radius 2 is 1.57 bits per heavy atom. The standard InChI is InChI=1S/C29H43N7O10/c1-14(2)23(31)26(42)35-24(15(3)37)27(43)34-18(11-16-6-8-17(38)9-7-16)25(41)32-13-22(40)33-19(12-21(30)39)28(44)36-10-4-5-20(36)29(45)46/h6-9,14-15,18-20,23-24,37-38H,4-5,10-13,31H2,1-3H3,(H2,30,39)(H,32,41)(H,33,40)(H,34,43)(H,35,42)(H,45,46)/t15-,18+,19+,20+,23+,24+/m1/s1. The van der Waals surface area contributed by atoms with Gasteiger partial charge >= 0.3 is 5.97 Å². The molecule has 0 radical (unpaired) electrons. The van der Waals surface area contributed by atoms with Crippen LogP contribution in [0, 0.1) is 5.92 Å². The summed E-state index contributed by atoms with van der Waals surface area (Å²) in [6, 6.07) is -0.730. The van der Waals surface area contributed by atoms with Crippen molar-refractivity contribution in [2.75, 3.05) is 13.1 Å². The van der Waals surface area contributed by atoms with Crippen LogP contribution in [0.15, 0.2) is 24.3 Å². The van der Waals surface area contributed by atoms with E-state index in [4.69, 9.17) is 11.5 Å². The molecule has 0 spiro atoms. The van der Waals surface area contributed by atoms with Crippen molar-refractivity contribution in [3.63, 3.8) is 0 Å². The van der Waals surface area contributed by atoms with Crippen molar-refractivity contribution in [1.82, 2.24) is 26.2 Å². The lowest BCUT2D eigenvalue weighted by Gasteiger charge is -2.27. The number of aliphatic hydroxyl groups excluding tert-OH is 1. The van der Waals surface area contributed by atoms with Crippen LogP contribution in [0.1, 0.15) is 45.6 Å². The molecule has 0 unspecified atom stereocenters. The van der Waals surface area contributed by atoms with Gasteiger partial charge in [-0.2, -0.15) is 0 Å². The number of aliphatic carboxylic acids is 1. The number of nitrogens with two attached hydrogens (primary N) is 2. The van der Waals surface area contributed by atoms with Gasteiger partial charge in [0.15, 0.2) is 0 Å². The van der Waals surface area contributed by atoms with Gasteiger partial charge in [0.1, 0.15) is 29.9 Å². The number of nitrogens with zero attached hydrogens (tertiary/aromatic N) is 1. The maximum Gasteiger partial charge on any atom is 0.326 e. The lowest BCUT2D eigenvalue weighted by molar-refractivity contribution is -0.149. The summed E-state index contributed by atoms with van der Waals surface area (Å²) in [7, 11) is 0. The van der Waals surface area contributed by atoms with Crippen LogP contribution in [0.5, 0.6) is 5.75 Å². The van der Waals surface area contributed by atoms with Gasteiger partial charge in [0, 0.05) is 13.0 Å². The number of carbonyl (C=O) groups excluding carboxylic acids is 6. The molecule has 1 aromatic carbocycles. The average Bonchev–Trinajstić information content (AvgIpc) is 3.48. The van der Waals surface area contributed by atoms with E-state index in [0.717, 1.165) is 4.90 Å². The zero-order valence-corrected chi connectivity index (χ0v) is 25.9. The molecule has 2 rings (SSSR count). The van der Waals surface area contributed by atoms with Gasteiger partial charge in [-0.05, 0) is 43.4 Å². The summed E-state index contributed by atoms with van der Waals surface area (Å²) >= 11 is 0. The Balaban J connectivity index is 2.18. The number of amides is 6. The third-order valence-electron chi connectivity index (χ3n) is 7.38. The van der Waals surface area contributed by atoms with Crippen LogP contribution in [-0.2, 0) is 40.0 Å². The fraction of sp³-hybridized carbons (Fsp3) is 0.552. The number of hydrogen-bond donors (Lipinski definition) is 9. The van der Waals surface area contributed by atoms with Gasteiger partial charge < -0.3 is 53.0 Å². The minimum Gasteiger partial charge on any atom is -0.508 e. The van der Waals surface area contributed by atoms with E-state index in [1.807, 2.05) is 0 Å². The van der Waals surface area contributed by atoms with Crippen LogP contribution in [-0.4, -0.2) is 111 Å². The highest BCUT2D eigenvalue weighted by Gasteiger charge is 2.38. The third-order valence-corrected chi connectivity index (χ3v) is 7.38. The third kappa shape index (κ3) is 11.0. The van der Waals surface area contributed by atoms with Crippen LogP contribution in [0.2, 0.25) is 0 Å². The highest BCUT2D eigenvalue weighted by atomic mass is 16.4. The SMILES string of the molecule is CC(C)[C@H](N)C(=O)N[C@H](C(=O)N[C@@H](Cc1ccc(O)cc1)C(=O)NCC(=O)N[C@@H](CC(N)=O)C(=O)N1CCC[C@H]1C(=O)O)[C@@H](C)O. The van der Waals surface area contributed by atoms with Crippen LogP contribution in [0.25, 0.3) is 0 Å². The fourth-order valence-corrected chi connectivity index (χ4v) is 4.72. The number of carboxylic acid groups (broad SMARTS) is 1. The number of hydrogen-bond acceptors (Lipinski definition) is 10. The van der Waals surface area contributed by atoms with Crippen molar-refractivity contribution >= 4 is 41.4 Å². The molecule has 0 saturated carbocycles. The van der Waals surface area contributed by atoms with E-state index >= 15 is 0 Å². The summed E-state index contributed by atoms with van der Waals surface area (Å²) in [5.41, 5.74) is 11.6. The number of phenols is 1. The summed E-state index contributed by atoms with van der Waals surface area (Å²) < 4.78 is 0. The van der Waals surface area contributed by atoms with Gasteiger partial charge in [0.25, 0.3) is 0 Å². The summed E-state index contributed by atoms with van der Waals surface area (Å²) in [4.78, 5) is 88.9. The van der Waals surface area contributed by atoms with Crippen molar-refractivity contribution < 1.29 is 48.9 Å². The molecule has 0 aromatic heterocycles. The van der Waals surface area contributed by atoms with Gasteiger partial charge in [0.2, 0.25) is 35.4 Å². The number of benzene rings is 1. The first-order valence-electron chi connectivity index (χ1n) is 14.7. The Morgan fingerprint density at radius 1 is 0.935 bits per heavy atom. The maximum atomic E-state index is 13.3. The summed E-state index contributed by atoms with van der Waals surface area (Å²) in [5.74, 6) is -6.70. The lowest BCUT2D eigenvalue weighted by Crippen LogP contribution is -2.60. The van der Waals surface area contributed by atoms with Crippen LogP contribution in [0.3, 0.4) is 0 Å². The fourth-order valence-electron chi connectivity index (χ4n) is 4.72. The average molecular weight is 650 g/mol. The second kappa shape index (κ2) is 17.1. The Morgan fingerprint density at radius 3 is 2.11 bits per heavy atom. The van der Waals surface area contributed by atoms with E-state index in [2.05, 4.69) is 21.3 Å². The number of carbonyl (C=O) groups is 7. The molecule has 17 heteroatoms. The van der Waals surface area contributed by atoms with Gasteiger partial charge in [-0.3, -0.25) is 28.8 Å². The summed E-state index contributed by atoms with van der Waals surface area (Å²) in [5, 5.41) is 38.7. The molecule has 1 aromatic rings. The van der Waals surface area contributed by atoms with Gasteiger partial charge in [-0.15, -0.1) is 0 Å².